The Morgan fingerprint density at radius 2 is 2.00 bits per heavy atom. The van der Waals surface area contributed by atoms with Crippen molar-refractivity contribution in [2.45, 2.75) is 18.5 Å². The van der Waals surface area contributed by atoms with Crippen LogP contribution in [-0.2, 0) is 14.3 Å². The highest BCUT2D eigenvalue weighted by Gasteiger charge is 2.17. The van der Waals surface area contributed by atoms with Crippen molar-refractivity contribution in [1.82, 2.24) is 5.32 Å². The first-order chi connectivity index (χ1) is 7.15. The van der Waals surface area contributed by atoms with Crippen molar-refractivity contribution < 1.29 is 19.4 Å². The molecule has 0 aliphatic heterocycles. The summed E-state index contributed by atoms with van der Waals surface area (Å²) in [7, 11) is 3.01. The zero-order chi connectivity index (χ0) is 11.7. The maximum atomic E-state index is 11.4. The fourth-order valence-electron chi connectivity index (χ4n) is 1.12. The van der Waals surface area contributed by atoms with Gasteiger partial charge in [-0.3, -0.25) is 4.79 Å². The van der Waals surface area contributed by atoms with Gasteiger partial charge in [0, 0.05) is 20.8 Å². The van der Waals surface area contributed by atoms with E-state index in [2.05, 4.69) is 5.32 Å². The second kappa shape index (κ2) is 8.60. The minimum atomic E-state index is -0.687. The van der Waals surface area contributed by atoms with Crippen LogP contribution in [0.1, 0.15) is 6.42 Å². The minimum Gasteiger partial charge on any atom is -0.396 e. The lowest BCUT2D eigenvalue weighted by Gasteiger charge is -2.19. The largest absolute Gasteiger partial charge is 0.396 e. The van der Waals surface area contributed by atoms with Crippen molar-refractivity contribution in [1.29, 1.82) is 0 Å². The van der Waals surface area contributed by atoms with Crippen molar-refractivity contribution in [3.63, 3.8) is 0 Å². The summed E-state index contributed by atoms with van der Waals surface area (Å²) < 4.78 is 9.66. The molecule has 0 radical (unpaired) electrons. The van der Waals surface area contributed by atoms with E-state index in [9.17, 15) is 4.79 Å². The molecule has 0 heterocycles. The molecule has 4 N–H and O–H groups in total. The van der Waals surface area contributed by atoms with Gasteiger partial charge in [0.2, 0.25) is 5.91 Å². The van der Waals surface area contributed by atoms with Crippen molar-refractivity contribution >= 4 is 5.91 Å². The van der Waals surface area contributed by atoms with Gasteiger partial charge in [0.1, 0.15) is 6.04 Å². The summed E-state index contributed by atoms with van der Waals surface area (Å²) in [6, 6.07) is -0.900. The van der Waals surface area contributed by atoms with Gasteiger partial charge in [-0.25, -0.2) is 0 Å². The lowest BCUT2D eigenvalue weighted by molar-refractivity contribution is -0.124. The van der Waals surface area contributed by atoms with Gasteiger partial charge < -0.3 is 25.6 Å². The van der Waals surface area contributed by atoms with Crippen LogP contribution in [0.4, 0.5) is 0 Å². The van der Waals surface area contributed by atoms with Crippen molar-refractivity contribution in [2.24, 2.45) is 5.73 Å². The lowest BCUT2D eigenvalue weighted by atomic mass is 10.2. The van der Waals surface area contributed by atoms with Crippen LogP contribution in [0.2, 0.25) is 0 Å². The summed E-state index contributed by atoms with van der Waals surface area (Å²) in [5.74, 6) is -0.299. The Kier molecular flexibility index (Phi) is 8.21. The topological polar surface area (TPSA) is 93.8 Å². The first-order valence-electron chi connectivity index (χ1n) is 4.80. The minimum absolute atomic E-state index is 0.00613. The number of ether oxygens (including phenoxy) is 2. The molecule has 2 atom stereocenters. The zero-order valence-corrected chi connectivity index (χ0v) is 9.23. The van der Waals surface area contributed by atoms with E-state index in [0.29, 0.717) is 13.0 Å². The number of aliphatic hydroxyl groups excluding tert-OH is 1. The Bertz CT molecular complexity index is 171. The predicted octanol–water partition coefficient (Wildman–Crippen LogP) is -1.53. The molecule has 0 aromatic heterocycles. The standard InChI is InChI=1S/C9H20N2O4/c1-14-5-7(3-4-12)11-9(13)8(10)6-15-2/h7-8,12H,3-6,10H2,1-2H3,(H,11,13). The molecule has 0 aliphatic carbocycles. The molecule has 0 aromatic carbocycles. The zero-order valence-electron chi connectivity index (χ0n) is 9.23. The lowest BCUT2D eigenvalue weighted by Crippen LogP contribution is -2.49. The van der Waals surface area contributed by atoms with Gasteiger partial charge in [0.15, 0.2) is 0 Å². The van der Waals surface area contributed by atoms with Crippen LogP contribution in [0.25, 0.3) is 0 Å². The Morgan fingerprint density at radius 3 is 2.47 bits per heavy atom. The van der Waals surface area contributed by atoms with E-state index < -0.39 is 6.04 Å². The number of nitrogens with two attached hydrogens (primary N) is 1. The molecule has 0 aliphatic rings. The summed E-state index contributed by atoms with van der Waals surface area (Å²) in [6.07, 6.45) is 0.444. The van der Waals surface area contributed by atoms with Crippen molar-refractivity contribution in [3.05, 3.63) is 0 Å². The average molecular weight is 220 g/mol. The fraction of sp³-hybridized carbons (Fsp3) is 0.889. The van der Waals surface area contributed by atoms with E-state index in [1.807, 2.05) is 0 Å². The van der Waals surface area contributed by atoms with Gasteiger partial charge in [0.05, 0.1) is 19.3 Å². The summed E-state index contributed by atoms with van der Waals surface area (Å²) in [6.45, 7) is 0.518. The van der Waals surface area contributed by atoms with E-state index in [4.69, 9.17) is 20.3 Å². The highest BCUT2D eigenvalue weighted by Crippen LogP contribution is 1.93. The first kappa shape index (κ1) is 14.3. The number of amides is 1. The van der Waals surface area contributed by atoms with Crippen LogP contribution in [0, 0.1) is 0 Å². The van der Waals surface area contributed by atoms with Gasteiger partial charge in [-0.15, -0.1) is 0 Å². The average Bonchev–Trinajstić information content (AvgIpc) is 2.18. The Balaban J connectivity index is 3.97. The van der Waals surface area contributed by atoms with Crippen molar-refractivity contribution in [3.8, 4) is 0 Å². The molecule has 0 rings (SSSR count). The van der Waals surface area contributed by atoms with Gasteiger partial charge in [0.25, 0.3) is 0 Å². The van der Waals surface area contributed by atoms with Crippen LogP contribution >= 0.6 is 0 Å². The Hall–Kier alpha value is -0.690. The molecule has 0 saturated heterocycles. The number of hydrogen-bond acceptors (Lipinski definition) is 5. The molecule has 0 aromatic rings. The summed E-state index contributed by atoms with van der Waals surface area (Å²) >= 11 is 0. The van der Waals surface area contributed by atoms with Gasteiger partial charge in [-0.2, -0.15) is 0 Å². The normalized spacial score (nSPS) is 14.7. The third-order valence-electron chi connectivity index (χ3n) is 1.87. The number of aliphatic hydroxyl groups is 1. The van der Waals surface area contributed by atoms with E-state index in [-0.39, 0.29) is 25.2 Å². The molecule has 2 unspecified atom stereocenters. The molecular weight excluding hydrogens is 200 g/mol. The van der Waals surface area contributed by atoms with Gasteiger partial charge >= 0.3 is 0 Å². The van der Waals surface area contributed by atoms with Gasteiger partial charge in [-0.1, -0.05) is 0 Å². The second-order valence-corrected chi connectivity index (χ2v) is 3.23. The molecule has 6 nitrogen and oxygen atoms in total. The van der Waals surface area contributed by atoms with E-state index >= 15 is 0 Å². The maximum Gasteiger partial charge on any atom is 0.239 e. The van der Waals surface area contributed by atoms with E-state index in [0.717, 1.165) is 0 Å². The fourth-order valence-corrected chi connectivity index (χ4v) is 1.12. The molecule has 90 valence electrons. The smallest absolute Gasteiger partial charge is 0.239 e. The molecular formula is C9H20N2O4. The monoisotopic (exact) mass is 220 g/mol. The third-order valence-corrected chi connectivity index (χ3v) is 1.87. The Morgan fingerprint density at radius 1 is 1.40 bits per heavy atom. The number of hydrogen-bond donors (Lipinski definition) is 3. The summed E-state index contributed by atoms with van der Waals surface area (Å²) in [5, 5.41) is 11.4. The van der Waals surface area contributed by atoms with Crippen LogP contribution in [0.5, 0.6) is 0 Å². The SMILES string of the molecule is COCC(CCO)NC(=O)C(N)COC. The highest BCUT2D eigenvalue weighted by molar-refractivity contribution is 5.81. The maximum absolute atomic E-state index is 11.4. The predicted molar refractivity (Wildman–Crippen MR) is 55.4 cm³/mol. The molecule has 15 heavy (non-hydrogen) atoms. The first-order valence-corrected chi connectivity index (χ1v) is 4.80. The van der Waals surface area contributed by atoms with Crippen LogP contribution in [0.15, 0.2) is 0 Å². The molecule has 1 amide bonds. The number of carbonyl (C=O) groups is 1. The number of nitrogens with one attached hydrogen (secondary N) is 1. The molecule has 6 heteroatoms. The van der Waals surface area contributed by atoms with Crippen LogP contribution < -0.4 is 11.1 Å². The van der Waals surface area contributed by atoms with Crippen LogP contribution in [-0.4, -0.2) is 57.1 Å². The quantitative estimate of drug-likeness (QED) is 0.461. The molecule has 0 bridgehead atoms. The van der Waals surface area contributed by atoms with Gasteiger partial charge in [-0.05, 0) is 6.42 Å². The van der Waals surface area contributed by atoms with E-state index in [1.165, 1.54) is 14.2 Å². The number of rotatable bonds is 8. The number of methoxy groups -OCH3 is 2. The second-order valence-electron chi connectivity index (χ2n) is 3.23. The summed E-state index contributed by atoms with van der Waals surface area (Å²) in [4.78, 5) is 11.4. The molecule has 0 saturated carbocycles. The third kappa shape index (κ3) is 6.40. The van der Waals surface area contributed by atoms with Crippen LogP contribution in [0.3, 0.4) is 0 Å². The molecule has 0 fully saturated rings. The van der Waals surface area contributed by atoms with Crippen molar-refractivity contribution in [2.75, 3.05) is 34.0 Å². The summed E-state index contributed by atoms with van der Waals surface area (Å²) in [5.41, 5.74) is 5.53. The van der Waals surface area contributed by atoms with E-state index in [1.54, 1.807) is 0 Å². The Labute approximate surface area is 89.7 Å². The molecule has 0 spiro atoms. The number of carbonyl (C=O) groups excluding carboxylic acids is 1. The highest BCUT2D eigenvalue weighted by atomic mass is 16.5.